The van der Waals surface area contributed by atoms with Crippen LogP contribution in [0.5, 0.6) is 0 Å². The minimum atomic E-state index is -0.193. The Hall–Kier alpha value is -1.40. The van der Waals surface area contributed by atoms with Crippen molar-refractivity contribution >= 4 is 5.91 Å². The fourth-order valence-electron chi connectivity index (χ4n) is 3.46. The third-order valence-electron chi connectivity index (χ3n) is 4.78. The summed E-state index contributed by atoms with van der Waals surface area (Å²) >= 11 is 0. The van der Waals surface area contributed by atoms with Crippen molar-refractivity contribution in [3.8, 4) is 0 Å². The van der Waals surface area contributed by atoms with E-state index < -0.39 is 0 Å². The predicted molar refractivity (Wildman–Crippen MR) is 88.1 cm³/mol. The summed E-state index contributed by atoms with van der Waals surface area (Å²) in [5, 5.41) is 0. The SMILES string of the molecule is CC(C)n1ccnc1CN1CCCN(C(=O)C2CCCO2)CC1. The zero-order valence-corrected chi connectivity index (χ0v) is 14.3. The lowest BCUT2D eigenvalue weighted by Gasteiger charge is -2.24. The maximum Gasteiger partial charge on any atom is 0.251 e. The summed E-state index contributed by atoms with van der Waals surface area (Å²) in [5.74, 6) is 1.30. The summed E-state index contributed by atoms with van der Waals surface area (Å²) in [6.07, 6.45) is 6.63. The number of carbonyl (C=O) groups excluding carboxylic acids is 1. The molecule has 0 aromatic carbocycles. The minimum Gasteiger partial charge on any atom is -0.368 e. The van der Waals surface area contributed by atoms with Crippen molar-refractivity contribution in [2.45, 2.75) is 51.8 Å². The Kier molecular flexibility index (Phi) is 5.33. The van der Waals surface area contributed by atoms with Gasteiger partial charge in [0.25, 0.3) is 5.91 Å². The molecule has 1 aromatic heterocycles. The molecular formula is C17H28N4O2. The average Bonchev–Trinajstić information content (AvgIpc) is 3.16. The van der Waals surface area contributed by atoms with Crippen LogP contribution in [0.4, 0.5) is 0 Å². The largest absolute Gasteiger partial charge is 0.368 e. The van der Waals surface area contributed by atoms with Crippen LogP contribution in [0, 0.1) is 0 Å². The average molecular weight is 320 g/mol. The Morgan fingerprint density at radius 1 is 1.30 bits per heavy atom. The second-order valence-electron chi connectivity index (χ2n) is 6.80. The molecule has 1 atom stereocenters. The van der Waals surface area contributed by atoms with Crippen molar-refractivity contribution in [2.75, 3.05) is 32.8 Å². The van der Waals surface area contributed by atoms with Gasteiger partial charge in [-0.1, -0.05) is 0 Å². The van der Waals surface area contributed by atoms with Crippen LogP contribution < -0.4 is 0 Å². The zero-order valence-electron chi connectivity index (χ0n) is 14.3. The molecule has 2 aliphatic rings. The first-order chi connectivity index (χ1) is 11.1. The Morgan fingerprint density at radius 3 is 2.91 bits per heavy atom. The van der Waals surface area contributed by atoms with Gasteiger partial charge in [0, 0.05) is 51.2 Å². The maximum absolute atomic E-state index is 12.5. The van der Waals surface area contributed by atoms with Gasteiger partial charge in [0.2, 0.25) is 0 Å². The van der Waals surface area contributed by atoms with Gasteiger partial charge in [-0.2, -0.15) is 0 Å². The van der Waals surface area contributed by atoms with Gasteiger partial charge in [-0.15, -0.1) is 0 Å². The van der Waals surface area contributed by atoms with E-state index in [9.17, 15) is 4.79 Å². The van der Waals surface area contributed by atoms with E-state index in [0.29, 0.717) is 6.04 Å². The smallest absolute Gasteiger partial charge is 0.251 e. The molecule has 0 aliphatic carbocycles. The van der Waals surface area contributed by atoms with Crippen LogP contribution in [0.1, 0.15) is 45.0 Å². The molecule has 3 heterocycles. The molecule has 1 aromatic rings. The van der Waals surface area contributed by atoms with E-state index in [1.54, 1.807) is 0 Å². The van der Waals surface area contributed by atoms with Gasteiger partial charge in [0.15, 0.2) is 0 Å². The summed E-state index contributed by atoms with van der Waals surface area (Å²) in [7, 11) is 0. The third kappa shape index (κ3) is 3.93. The molecule has 23 heavy (non-hydrogen) atoms. The molecule has 128 valence electrons. The monoisotopic (exact) mass is 320 g/mol. The van der Waals surface area contributed by atoms with E-state index in [1.165, 1.54) is 0 Å². The quantitative estimate of drug-likeness (QED) is 0.847. The molecular weight excluding hydrogens is 292 g/mol. The van der Waals surface area contributed by atoms with E-state index in [4.69, 9.17) is 4.74 Å². The highest BCUT2D eigenvalue weighted by molar-refractivity contribution is 5.81. The number of amides is 1. The molecule has 6 nitrogen and oxygen atoms in total. The highest BCUT2D eigenvalue weighted by atomic mass is 16.5. The molecule has 0 radical (unpaired) electrons. The topological polar surface area (TPSA) is 50.6 Å². The molecule has 6 heteroatoms. The van der Waals surface area contributed by atoms with E-state index in [-0.39, 0.29) is 12.0 Å². The van der Waals surface area contributed by atoms with E-state index >= 15 is 0 Å². The molecule has 3 rings (SSSR count). The van der Waals surface area contributed by atoms with Gasteiger partial charge in [0.05, 0.1) is 6.54 Å². The van der Waals surface area contributed by atoms with Crippen LogP contribution >= 0.6 is 0 Å². The molecule has 0 N–H and O–H groups in total. The van der Waals surface area contributed by atoms with Gasteiger partial charge >= 0.3 is 0 Å². The number of hydrogen-bond donors (Lipinski definition) is 0. The lowest BCUT2D eigenvalue weighted by atomic mass is 10.2. The van der Waals surface area contributed by atoms with Crippen molar-refractivity contribution in [1.29, 1.82) is 0 Å². The molecule has 2 aliphatic heterocycles. The Balaban J connectivity index is 1.56. The fourth-order valence-corrected chi connectivity index (χ4v) is 3.46. The predicted octanol–water partition coefficient (Wildman–Crippen LogP) is 1.68. The highest BCUT2D eigenvalue weighted by Gasteiger charge is 2.29. The molecule has 1 unspecified atom stereocenters. The summed E-state index contributed by atoms with van der Waals surface area (Å²) in [6.45, 7) is 9.49. The van der Waals surface area contributed by atoms with Crippen LogP contribution in [0.15, 0.2) is 12.4 Å². The summed E-state index contributed by atoms with van der Waals surface area (Å²) in [6, 6.07) is 0.428. The molecule has 0 spiro atoms. The standard InChI is InChI=1S/C17H28N4O2/c1-14(2)21-9-6-18-16(21)13-19-7-4-8-20(11-10-19)17(22)15-5-3-12-23-15/h6,9,14-15H,3-5,7-8,10-13H2,1-2H3. The molecule has 2 fully saturated rings. The summed E-state index contributed by atoms with van der Waals surface area (Å²) in [5.41, 5.74) is 0. The first kappa shape index (κ1) is 16.5. The van der Waals surface area contributed by atoms with Crippen LogP contribution in [0.25, 0.3) is 0 Å². The second kappa shape index (κ2) is 7.45. The van der Waals surface area contributed by atoms with Crippen molar-refractivity contribution in [3.63, 3.8) is 0 Å². The highest BCUT2D eigenvalue weighted by Crippen LogP contribution is 2.17. The van der Waals surface area contributed by atoms with Crippen LogP contribution in [-0.2, 0) is 16.1 Å². The van der Waals surface area contributed by atoms with Crippen molar-refractivity contribution in [3.05, 3.63) is 18.2 Å². The maximum atomic E-state index is 12.5. The van der Waals surface area contributed by atoms with E-state index in [1.807, 2.05) is 17.3 Å². The van der Waals surface area contributed by atoms with Crippen molar-refractivity contribution in [2.24, 2.45) is 0 Å². The van der Waals surface area contributed by atoms with Crippen molar-refractivity contribution < 1.29 is 9.53 Å². The number of ether oxygens (including phenoxy) is 1. The van der Waals surface area contributed by atoms with Gasteiger partial charge in [-0.3, -0.25) is 9.69 Å². The molecule has 0 bridgehead atoms. The molecule has 2 saturated heterocycles. The third-order valence-corrected chi connectivity index (χ3v) is 4.78. The molecule has 0 saturated carbocycles. The number of imidazole rings is 1. The number of nitrogens with zero attached hydrogens (tertiary/aromatic N) is 4. The zero-order chi connectivity index (χ0) is 16.2. The van der Waals surface area contributed by atoms with Crippen molar-refractivity contribution in [1.82, 2.24) is 19.4 Å². The Labute approximate surface area is 138 Å². The van der Waals surface area contributed by atoms with E-state index in [0.717, 1.165) is 64.4 Å². The van der Waals surface area contributed by atoms with Gasteiger partial charge in [0.1, 0.15) is 11.9 Å². The van der Waals surface area contributed by atoms with Crippen LogP contribution in [-0.4, -0.2) is 64.1 Å². The summed E-state index contributed by atoms with van der Waals surface area (Å²) < 4.78 is 7.77. The lowest BCUT2D eigenvalue weighted by molar-refractivity contribution is -0.140. The number of rotatable bonds is 4. The van der Waals surface area contributed by atoms with Gasteiger partial charge in [-0.05, 0) is 33.1 Å². The van der Waals surface area contributed by atoms with Crippen LogP contribution in [0.2, 0.25) is 0 Å². The van der Waals surface area contributed by atoms with Gasteiger partial charge in [-0.25, -0.2) is 4.98 Å². The van der Waals surface area contributed by atoms with E-state index in [2.05, 4.69) is 28.3 Å². The first-order valence-corrected chi connectivity index (χ1v) is 8.79. The Morgan fingerprint density at radius 2 is 2.17 bits per heavy atom. The Bertz CT molecular complexity index is 522. The number of hydrogen-bond acceptors (Lipinski definition) is 4. The minimum absolute atomic E-state index is 0.188. The number of aromatic nitrogens is 2. The molecule has 1 amide bonds. The van der Waals surface area contributed by atoms with Crippen LogP contribution in [0.3, 0.4) is 0 Å². The number of carbonyl (C=O) groups is 1. The van der Waals surface area contributed by atoms with Gasteiger partial charge < -0.3 is 14.2 Å². The summed E-state index contributed by atoms with van der Waals surface area (Å²) in [4.78, 5) is 21.4. The second-order valence-corrected chi connectivity index (χ2v) is 6.80. The normalized spacial score (nSPS) is 23.4. The fraction of sp³-hybridized carbons (Fsp3) is 0.765. The lowest BCUT2D eigenvalue weighted by Crippen LogP contribution is -2.41. The first-order valence-electron chi connectivity index (χ1n) is 8.79.